The summed E-state index contributed by atoms with van der Waals surface area (Å²) in [6.07, 6.45) is 10.4. The second-order valence-electron chi connectivity index (χ2n) is 8.58. The van der Waals surface area contributed by atoms with Gasteiger partial charge in [0.05, 0.1) is 13.2 Å². The Balaban J connectivity index is 1.81. The van der Waals surface area contributed by atoms with E-state index in [4.69, 9.17) is 20.6 Å². The van der Waals surface area contributed by atoms with Crippen LogP contribution in [-0.4, -0.2) is 49.7 Å². The first-order valence-corrected chi connectivity index (χ1v) is 10.5. The number of hydrogen-bond donors (Lipinski definition) is 2. The normalized spacial score (nSPS) is 29.9. The maximum Gasteiger partial charge on any atom is 0.168 e. The molecule has 1 aliphatic heterocycles. The minimum atomic E-state index is -0.392. The van der Waals surface area contributed by atoms with Crippen LogP contribution in [0.15, 0.2) is 23.9 Å². The summed E-state index contributed by atoms with van der Waals surface area (Å²) in [6.45, 7) is 10.1. The highest BCUT2D eigenvalue weighted by atomic mass is 16.7. The second-order valence-corrected chi connectivity index (χ2v) is 8.58. The zero-order chi connectivity index (χ0) is 19.9. The molecule has 2 rings (SSSR count). The van der Waals surface area contributed by atoms with E-state index in [0.29, 0.717) is 17.5 Å². The molecule has 0 atom stereocenters. The third-order valence-electron chi connectivity index (χ3n) is 6.00. The van der Waals surface area contributed by atoms with Gasteiger partial charge in [0.2, 0.25) is 0 Å². The molecule has 1 spiro atoms. The van der Waals surface area contributed by atoms with Gasteiger partial charge in [-0.1, -0.05) is 26.8 Å². The molecule has 0 unspecified atom stereocenters. The summed E-state index contributed by atoms with van der Waals surface area (Å²) < 4.78 is 12.3. The molecule has 2 aliphatic rings. The van der Waals surface area contributed by atoms with E-state index >= 15 is 0 Å². The maximum atomic E-state index is 8.46. The molecule has 0 bridgehead atoms. The topological polar surface area (TPSA) is 71.6 Å². The largest absolute Gasteiger partial charge is 0.404 e. The van der Waals surface area contributed by atoms with E-state index in [1.807, 2.05) is 12.2 Å². The molecule has 0 radical (unpaired) electrons. The molecule has 0 aromatic heterocycles. The first-order valence-electron chi connectivity index (χ1n) is 10.5. The average Bonchev–Trinajstić information content (AvgIpc) is 2.66. The average molecular weight is 378 g/mol. The lowest BCUT2D eigenvalue weighted by molar-refractivity contribution is -0.300. The Bertz CT molecular complexity index is 524. The van der Waals surface area contributed by atoms with Crippen molar-refractivity contribution < 1.29 is 9.47 Å². The molecule has 2 fully saturated rings. The van der Waals surface area contributed by atoms with Crippen molar-refractivity contribution in [2.75, 3.05) is 33.4 Å². The van der Waals surface area contributed by atoms with Crippen molar-refractivity contribution in [2.24, 2.45) is 23.5 Å². The van der Waals surface area contributed by atoms with Crippen LogP contribution in [0.5, 0.6) is 0 Å². The molecule has 0 amide bonds. The Hall–Kier alpha value is -1.17. The number of allylic oxidation sites excluding steroid dienone is 1. The summed E-state index contributed by atoms with van der Waals surface area (Å²) >= 11 is 0. The minimum Gasteiger partial charge on any atom is -0.404 e. The van der Waals surface area contributed by atoms with Crippen LogP contribution < -0.4 is 5.73 Å². The molecule has 0 aromatic carbocycles. The molecule has 1 saturated heterocycles. The Labute approximate surface area is 165 Å². The van der Waals surface area contributed by atoms with Crippen LogP contribution in [0, 0.1) is 23.2 Å². The standard InChI is InChI=1S/C22H39N3O2/c1-5-12-25(4)14-18(13-23)6-7-21(24)19-8-10-22(11-9-19)26-15-20(16-27-22)17(2)3/h6-7,13,17,19-20,24H,5,8-12,14-16,23H2,1-4H3/b7-6?,18-13+,24-21?. The van der Waals surface area contributed by atoms with Gasteiger partial charge in [0.1, 0.15) is 0 Å². The summed E-state index contributed by atoms with van der Waals surface area (Å²) in [5, 5.41) is 8.46. The van der Waals surface area contributed by atoms with Crippen molar-refractivity contribution in [2.45, 2.75) is 58.7 Å². The molecule has 27 heavy (non-hydrogen) atoms. The van der Waals surface area contributed by atoms with E-state index in [2.05, 4.69) is 32.7 Å². The lowest BCUT2D eigenvalue weighted by Gasteiger charge is -2.45. The Morgan fingerprint density at radius 2 is 1.85 bits per heavy atom. The van der Waals surface area contributed by atoms with Gasteiger partial charge in [-0.3, -0.25) is 0 Å². The summed E-state index contributed by atoms with van der Waals surface area (Å²) in [4.78, 5) is 2.25. The number of nitrogens with zero attached hydrogens (tertiary/aromatic N) is 1. The number of nitrogens with two attached hydrogens (primary N) is 1. The molecular formula is C22H39N3O2. The summed E-state index contributed by atoms with van der Waals surface area (Å²) in [5.74, 6) is 0.992. The van der Waals surface area contributed by atoms with Gasteiger partial charge in [-0.2, -0.15) is 0 Å². The minimum absolute atomic E-state index is 0.286. The molecule has 5 heteroatoms. The highest BCUT2D eigenvalue weighted by Gasteiger charge is 2.41. The zero-order valence-electron chi connectivity index (χ0n) is 17.7. The Morgan fingerprint density at radius 1 is 1.22 bits per heavy atom. The summed E-state index contributed by atoms with van der Waals surface area (Å²) in [7, 11) is 2.10. The van der Waals surface area contributed by atoms with Gasteiger partial charge in [-0.05, 0) is 56.6 Å². The summed E-state index contributed by atoms with van der Waals surface area (Å²) in [6, 6.07) is 0. The smallest absolute Gasteiger partial charge is 0.168 e. The van der Waals surface area contributed by atoms with Crippen molar-refractivity contribution in [3.05, 3.63) is 23.9 Å². The van der Waals surface area contributed by atoms with E-state index < -0.39 is 5.79 Å². The molecule has 154 valence electrons. The SMILES string of the molecule is CCCN(C)C/C(C=CC(=N)C1CCC2(CC1)OCC(C(C)C)CO2)=C/N. The van der Waals surface area contributed by atoms with E-state index in [-0.39, 0.29) is 5.92 Å². The summed E-state index contributed by atoms with van der Waals surface area (Å²) in [5.41, 5.74) is 7.51. The fraction of sp³-hybridized carbons (Fsp3) is 0.773. The van der Waals surface area contributed by atoms with E-state index in [9.17, 15) is 0 Å². The fourth-order valence-corrected chi connectivity index (χ4v) is 3.92. The first kappa shape index (κ1) is 22.1. The predicted molar refractivity (Wildman–Crippen MR) is 112 cm³/mol. The van der Waals surface area contributed by atoms with Crippen LogP contribution in [0.4, 0.5) is 0 Å². The number of hydrogen-bond acceptors (Lipinski definition) is 5. The molecule has 1 heterocycles. The van der Waals surface area contributed by atoms with Crippen LogP contribution in [0.2, 0.25) is 0 Å². The van der Waals surface area contributed by atoms with Gasteiger partial charge in [-0.15, -0.1) is 0 Å². The molecule has 1 saturated carbocycles. The van der Waals surface area contributed by atoms with Crippen LogP contribution in [-0.2, 0) is 9.47 Å². The van der Waals surface area contributed by atoms with Gasteiger partial charge in [0.15, 0.2) is 5.79 Å². The Kier molecular flexibility index (Phi) is 8.52. The molecule has 3 N–H and O–H groups in total. The first-order chi connectivity index (χ1) is 12.9. The van der Waals surface area contributed by atoms with Gasteiger partial charge < -0.3 is 25.5 Å². The fourth-order valence-electron chi connectivity index (χ4n) is 3.92. The number of nitrogens with one attached hydrogen (secondary N) is 1. The monoisotopic (exact) mass is 377 g/mol. The highest BCUT2D eigenvalue weighted by molar-refractivity contribution is 5.94. The second kappa shape index (κ2) is 10.4. The van der Waals surface area contributed by atoms with Gasteiger partial charge in [-0.25, -0.2) is 0 Å². The molecule has 0 aromatic rings. The third kappa shape index (κ3) is 6.44. The van der Waals surface area contributed by atoms with E-state index in [0.717, 1.165) is 64.0 Å². The predicted octanol–water partition coefficient (Wildman–Crippen LogP) is 3.95. The maximum absolute atomic E-state index is 8.46. The zero-order valence-corrected chi connectivity index (χ0v) is 17.7. The molecule has 1 aliphatic carbocycles. The van der Waals surface area contributed by atoms with Crippen LogP contribution >= 0.6 is 0 Å². The van der Waals surface area contributed by atoms with Gasteiger partial charge in [0, 0.05) is 36.9 Å². The lowest BCUT2D eigenvalue weighted by Crippen LogP contribution is -2.48. The van der Waals surface area contributed by atoms with Crippen molar-refractivity contribution in [1.82, 2.24) is 4.90 Å². The van der Waals surface area contributed by atoms with Gasteiger partial charge in [0.25, 0.3) is 0 Å². The van der Waals surface area contributed by atoms with Gasteiger partial charge >= 0.3 is 0 Å². The van der Waals surface area contributed by atoms with Crippen molar-refractivity contribution in [1.29, 1.82) is 5.41 Å². The molecule has 5 nitrogen and oxygen atoms in total. The van der Waals surface area contributed by atoms with Crippen LogP contribution in [0.3, 0.4) is 0 Å². The van der Waals surface area contributed by atoms with Crippen molar-refractivity contribution in [3.63, 3.8) is 0 Å². The van der Waals surface area contributed by atoms with Crippen molar-refractivity contribution in [3.8, 4) is 0 Å². The number of likely N-dealkylation sites (N-methyl/N-ethyl adjacent to an activating group) is 1. The van der Waals surface area contributed by atoms with Crippen molar-refractivity contribution >= 4 is 5.71 Å². The quantitative estimate of drug-likeness (QED) is 0.496. The van der Waals surface area contributed by atoms with Crippen LogP contribution in [0.1, 0.15) is 52.9 Å². The number of rotatable bonds is 8. The van der Waals surface area contributed by atoms with Crippen LogP contribution in [0.25, 0.3) is 0 Å². The Morgan fingerprint density at radius 3 is 2.37 bits per heavy atom. The molecular weight excluding hydrogens is 338 g/mol. The van der Waals surface area contributed by atoms with E-state index in [1.54, 1.807) is 6.20 Å². The lowest BCUT2D eigenvalue weighted by atomic mass is 9.81. The third-order valence-corrected chi connectivity index (χ3v) is 6.00. The highest BCUT2D eigenvalue weighted by Crippen LogP contribution is 2.40. The van der Waals surface area contributed by atoms with E-state index in [1.165, 1.54) is 0 Å². The number of ether oxygens (including phenoxy) is 2.